The highest BCUT2D eigenvalue weighted by atomic mass is 19.1. The molecule has 0 unspecified atom stereocenters. The fourth-order valence-electron chi connectivity index (χ4n) is 12.3. The summed E-state index contributed by atoms with van der Waals surface area (Å²) in [7, 11) is 0. The van der Waals surface area contributed by atoms with Gasteiger partial charge in [0.15, 0.2) is 5.82 Å². The second-order valence-corrected chi connectivity index (χ2v) is 21.2. The van der Waals surface area contributed by atoms with Gasteiger partial charge in [-0.3, -0.25) is 19.2 Å². The van der Waals surface area contributed by atoms with Crippen molar-refractivity contribution in [1.82, 2.24) is 34.6 Å². The van der Waals surface area contributed by atoms with Crippen molar-refractivity contribution < 1.29 is 23.6 Å². The number of carbonyl (C=O) groups is 4. The maximum absolute atomic E-state index is 15.9. The number of aromatic nitrogens is 3. The van der Waals surface area contributed by atoms with Crippen LogP contribution in [0.4, 0.5) is 21.6 Å². The first-order valence-corrected chi connectivity index (χ1v) is 25.4. The number of rotatable bonds is 10. The fraction of sp³-hybridized carbons (Fsp3) is 0.585. The summed E-state index contributed by atoms with van der Waals surface area (Å²) >= 11 is 0. The minimum absolute atomic E-state index is 0.0328. The predicted molar refractivity (Wildman–Crippen MR) is 259 cm³/mol. The van der Waals surface area contributed by atoms with Gasteiger partial charge < -0.3 is 34.8 Å². The Hall–Kier alpha value is -5.37. The van der Waals surface area contributed by atoms with E-state index in [1.165, 1.54) is 31.7 Å². The van der Waals surface area contributed by atoms with Gasteiger partial charge in [0, 0.05) is 73.1 Å². The molecular formula is C53H68FN9O4. The second-order valence-electron chi connectivity index (χ2n) is 21.2. The largest absolute Gasteiger partial charge is 0.350 e. The van der Waals surface area contributed by atoms with E-state index >= 15 is 9.18 Å². The summed E-state index contributed by atoms with van der Waals surface area (Å²) in [6.07, 6.45) is 14.5. The smallest absolute Gasteiger partial charge is 0.251 e. The molecule has 67 heavy (non-hydrogen) atoms. The van der Waals surface area contributed by atoms with Crippen LogP contribution in [0.5, 0.6) is 0 Å². The molecule has 6 aliphatic rings. The topological polar surface area (TPSA) is 136 Å². The van der Waals surface area contributed by atoms with E-state index < -0.39 is 11.2 Å². The lowest BCUT2D eigenvalue weighted by molar-refractivity contribution is -0.140. The number of benzene rings is 2. The fourth-order valence-corrected chi connectivity index (χ4v) is 12.3. The number of pyridine rings is 1. The van der Waals surface area contributed by atoms with Crippen LogP contribution in [0.3, 0.4) is 0 Å². The Bertz CT molecular complexity index is 2560. The van der Waals surface area contributed by atoms with Gasteiger partial charge in [0.05, 0.1) is 34.6 Å². The second kappa shape index (κ2) is 18.3. The zero-order valence-corrected chi connectivity index (χ0v) is 40.1. The lowest BCUT2D eigenvalue weighted by Crippen LogP contribution is -2.58. The molecule has 1 atom stereocenters. The molecule has 356 valence electrons. The van der Waals surface area contributed by atoms with Crippen molar-refractivity contribution in [2.45, 2.75) is 148 Å². The summed E-state index contributed by atoms with van der Waals surface area (Å²) in [5, 5.41) is 6.21. The van der Waals surface area contributed by atoms with Crippen molar-refractivity contribution in [3.05, 3.63) is 65.2 Å². The summed E-state index contributed by atoms with van der Waals surface area (Å²) < 4.78 is 17.9. The quantitative estimate of drug-likeness (QED) is 0.162. The van der Waals surface area contributed by atoms with Crippen molar-refractivity contribution in [2.75, 3.05) is 49.5 Å². The molecule has 2 aromatic carbocycles. The Kier molecular flexibility index (Phi) is 12.4. The summed E-state index contributed by atoms with van der Waals surface area (Å²) in [4.78, 5) is 74.6. The number of carbonyl (C=O) groups excluding carboxylic acids is 4. The number of fused-ring (bicyclic) bond motifs is 3. The van der Waals surface area contributed by atoms with Gasteiger partial charge in [0.2, 0.25) is 17.7 Å². The summed E-state index contributed by atoms with van der Waals surface area (Å²) in [5.41, 5.74) is 5.04. The monoisotopic (exact) mass is 914 g/mol. The lowest BCUT2D eigenvalue weighted by atomic mass is 9.73. The highest BCUT2D eigenvalue weighted by Gasteiger charge is 2.56. The zero-order valence-electron chi connectivity index (χ0n) is 40.1. The predicted octanol–water partition coefficient (Wildman–Crippen LogP) is 8.66. The molecule has 2 aromatic heterocycles. The number of nitrogens with one attached hydrogen (secondary N) is 2. The molecule has 3 saturated heterocycles. The number of hydrogen-bond donors (Lipinski definition) is 2. The molecule has 5 fully saturated rings. The van der Waals surface area contributed by atoms with Crippen LogP contribution >= 0.6 is 0 Å². The first kappa shape index (κ1) is 45.4. The van der Waals surface area contributed by atoms with Crippen LogP contribution in [0.1, 0.15) is 139 Å². The maximum atomic E-state index is 15.9. The molecule has 1 spiro atoms. The van der Waals surface area contributed by atoms with E-state index in [1.54, 1.807) is 19.3 Å². The third kappa shape index (κ3) is 8.39. The number of nitrogens with zero attached hydrogens (tertiary/aromatic N) is 7. The Morgan fingerprint density at radius 3 is 2.24 bits per heavy atom. The molecule has 2 saturated carbocycles. The van der Waals surface area contributed by atoms with Crippen LogP contribution in [-0.2, 0) is 19.8 Å². The van der Waals surface area contributed by atoms with Gasteiger partial charge in [-0.1, -0.05) is 37.8 Å². The van der Waals surface area contributed by atoms with Crippen LogP contribution in [0.2, 0.25) is 0 Å². The average molecular weight is 914 g/mol. The number of halogens is 1. The Labute approximate surface area is 394 Å². The third-order valence-electron chi connectivity index (χ3n) is 16.1. The Morgan fingerprint density at radius 2 is 1.52 bits per heavy atom. The van der Waals surface area contributed by atoms with Gasteiger partial charge in [-0.05, 0) is 141 Å². The molecule has 14 heteroatoms. The summed E-state index contributed by atoms with van der Waals surface area (Å²) in [5.74, 6) is 0.00580. The van der Waals surface area contributed by atoms with Crippen LogP contribution in [0.15, 0.2) is 42.7 Å². The van der Waals surface area contributed by atoms with Gasteiger partial charge in [-0.25, -0.2) is 14.4 Å². The number of amides is 4. The van der Waals surface area contributed by atoms with E-state index in [0.29, 0.717) is 85.2 Å². The molecule has 6 heterocycles. The average Bonchev–Trinajstić information content (AvgIpc) is 4.04. The van der Waals surface area contributed by atoms with Gasteiger partial charge in [0.1, 0.15) is 11.3 Å². The van der Waals surface area contributed by atoms with Crippen molar-refractivity contribution >= 4 is 51.9 Å². The highest BCUT2D eigenvalue weighted by Crippen LogP contribution is 2.52. The normalized spacial score (nSPS) is 23.4. The van der Waals surface area contributed by atoms with Crippen LogP contribution in [-0.4, -0.2) is 110 Å². The molecule has 2 N–H and O–H groups in total. The first-order valence-electron chi connectivity index (χ1n) is 25.4. The summed E-state index contributed by atoms with van der Waals surface area (Å²) in [6.45, 7) is 14.0. The van der Waals surface area contributed by atoms with Crippen LogP contribution in [0.25, 0.3) is 22.3 Å². The van der Waals surface area contributed by atoms with Crippen LogP contribution < -0.4 is 15.5 Å². The van der Waals surface area contributed by atoms with Crippen LogP contribution in [0, 0.1) is 24.6 Å². The molecule has 10 rings (SSSR count). The standard InChI is InChI=1S/C53H68FN9O4/c1-32(2)56-49(64)40-28-44(42(54)24-34(40)5)58-48-47-45(55-31-62(47)33(3)4)29-43(57-48)36-14-15-41-46(25-36)63(39-26-38(27-39)59-19-10-7-11-20-59)52(67)53(41)17-22-60(23-18-53)51(66)37-16-21-61(30-37)50(65)35-12-8-6-9-13-35/h14-15,24-25,28-29,31-33,35,37-39H,6-13,16-23,26-27,30H2,1-5H3,(H,56,64)(H,57,58)/t37-,38?,39?/m0/s1. The lowest BCUT2D eigenvalue weighted by Gasteiger charge is -2.48. The Balaban J connectivity index is 0.954. The number of piperidine rings is 2. The molecule has 4 amide bonds. The Morgan fingerprint density at radius 1 is 0.806 bits per heavy atom. The van der Waals surface area contributed by atoms with E-state index in [4.69, 9.17) is 9.97 Å². The van der Waals surface area contributed by atoms with E-state index in [1.807, 2.05) is 40.3 Å². The number of likely N-dealkylation sites (tertiary alicyclic amines) is 3. The van der Waals surface area contributed by atoms with E-state index in [0.717, 1.165) is 68.4 Å². The SMILES string of the molecule is Cc1cc(F)c(Nc2nc(-c3ccc4c(c3)N(C3CC(N5CCCCC5)C3)C(=O)C43CCN(C(=O)[C@H]4CCN(C(=O)C5CCCCC5)C4)CC3)cc3ncn(C(C)C)c23)cc1C(=O)NC(C)C. The molecule has 4 aromatic rings. The van der Waals surface area contributed by atoms with Crippen molar-refractivity contribution in [3.63, 3.8) is 0 Å². The molecule has 4 aliphatic heterocycles. The van der Waals surface area contributed by atoms with Gasteiger partial charge in [0.25, 0.3) is 5.91 Å². The van der Waals surface area contributed by atoms with Gasteiger partial charge in [-0.15, -0.1) is 0 Å². The zero-order chi connectivity index (χ0) is 46.7. The maximum Gasteiger partial charge on any atom is 0.251 e. The number of hydrogen-bond acceptors (Lipinski definition) is 8. The minimum atomic E-state index is -0.748. The number of imidazole rings is 1. The molecular weight excluding hydrogens is 846 g/mol. The third-order valence-corrected chi connectivity index (χ3v) is 16.1. The van der Waals surface area contributed by atoms with E-state index in [9.17, 15) is 14.4 Å². The molecule has 0 bridgehead atoms. The van der Waals surface area contributed by atoms with Crippen molar-refractivity contribution in [3.8, 4) is 11.3 Å². The minimum Gasteiger partial charge on any atom is -0.350 e. The molecule has 0 radical (unpaired) electrons. The molecule has 2 aliphatic carbocycles. The van der Waals surface area contributed by atoms with Gasteiger partial charge in [-0.2, -0.15) is 0 Å². The number of aryl methyl sites for hydroxylation is 1. The van der Waals surface area contributed by atoms with E-state index in [-0.39, 0.29) is 59.3 Å². The number of anilines is 3. The molecule has 13 nitrogen and oxygen atoms in total. The van der Waals surface area contributed by atoms with Crippen molar-refractivity contribution in [1.29, 1.82) is 0 Å². The van der Waals surface area contributed by atoms with E-state index in [2.05, 4.69) is 46.4 Å². The van der Waals surface area contributed by atoms with Gasteiger partial charge >= 0.3 is 0 Å². The highest BCUT2D eigenvalue weighted by molar-refractivity contribution is 6.09. The van der Waals surface area contributed by atoms with Crippen molar-refractivity contribution in [2.24, 2.45) is 11.8 Å². The first-order chi connectivity index (χ1) is 32.3. The summed E-state index contributed by atoms with van der Waals surface area (Å²) in [6, 6.07) is 11.6.